The van der Waals surface area contributed by atoms with Crippen LogP contribution in [0.3, 0.4) is 0 Å². The molecule has 0 radical (unpaired) electrons. The molecule has 0 fully saturated rings. The molecule has 0 saturated heterocycles. The summed E-state index contributed by atoms with van der Waals surface area (Å²) in [4.78, 5) is 42.4. The van der Waals surface area contributed by atoms with Crippen molar-refractivity contribution in [3.05, 3.63) is 40.9 Å². The minimum Gasteiger partial charge on any atom is -0.468 e. The monoisotopic (exact) mass is 357 g/mol. The molecule has 3 aromatic rings. The number of benzene rings is 1. The summed E-state index contributed by atoms with van der Waals surface area (Å²) in [6, 6.07) is 6.99. The number of methoxy groups -OCH3 is 1. The maximum absolute atomic E-state index is 12.7. The van der Waals surface area contributed by atoms with E-state index in [0.29, 0.717) is 11.1 Å². The van der Waals surface area contributed by atoms with E-state index < -0.39 is 11.5 Å². The Morgan fingerprint density at radius 3 is 2.73 bits per heavy atom. The maximum atomic E-state index is 12.7. The number of fused-ring (bicyclic) bond motifs is 3. The summed E-state index contributed by atoms with van der Waals surface area (Å²) < 4.78 is 11.4. The summed E-state index contributed by atoms with van der Waals surface area (Å²) in [5.74, 6) is -0.907. The lowest BCUT2D eigenvalue weighted by Gasteiger charge is -2.25. The second-order valence-electron chi connectivity index (χ2n) is 6.15. The summed E-state index contributed by atoms with van der Waals surface area (Å²) >= 11 is 0. The van der Waals surface area contributed by atoms with Gasteiger partial charge in [-0.15, -0.1) is 0 Å². The third-order valence-corrected chi connectivity index (χ3v) is 4.13. The van der Waals surface area contributed by atoms with Gasteiger partial charge < -0.3 is 14.1 Å². The molecule has 136 valence electrons. The average Bonchev–Trinajstić information content (AvgIpc) is 3.01. The number of amides is 1. The molecular formula is C18H19N3O5. The highest BCUT2D eigenvalue weighted by Gasteiger charge is 2.22. The fraction of sp³-hybridized carbons (Fsp3) is 0.333. The fourth-order valence-corrected chi connectivity index (χ4v) is 2.73. The van der Waals surface area contributed by atoms with Crippen molar-refractivity contribution in [3.8, 4) is 0 Å². The Morgan fingerprint density at radius 1 is 1.31 bits per heavy atom. The van der Waals surface area contributed by atoms with E-state index in [1.54, 1.807) is 26.0 Å². The standard InChI is InChI=1S/C18H19N3O5/c1-11(2)21(9-15(23)25-3)14(22)8-20-10-19-16-12-6-4-5-7-13(12)26-17(16)18(20)24/h4-7,10-11H,8-9H2,1-3H3. The van der Waals surface area contributed by atoms with Crippen LogP contribution in [-0.2, 0) is 20.9 Å². The third-order valence-electron chi connectivity index (χ3n) is 4.13. The van der Waals surface area contributed by atoms with Crippen LogP contribution in [0.2, 0.25) is 0 Å². The van der Waals surface area contributed by atoms with Crippen LogP contribution in [0.5, 0.6) is 0 Å². The van der Waals surface area contributed by atoms with Gasteiger partial charge in [0, 0.05) is 11.4 Å². The number of hydrogen-bond acceptors (Lipinski definition) is 6. The van der Waals surface area contributed by atoms with Gasteiger partial charge in [0.25, 0.3) is 5.56 Å². The van der Waals surface area contributed by atoms with Crippen LogP contribution in [0.15, 0.2) is 39.8 Å². The van der Waals surface area contributed by atoms with Crippen LogP contribution in [0, 0.1) is 0 Å². The van der Waals surface area contributed by atoms with Gasteiger partial charge in [0.2, 0.25) is 11.5 Å². The highest BCUT2D eigenvalue weighted by molar-refractivity contribution is 6.01. The number of aromatic nitrogens is 2. The molecule has 26 heavy (non-hydrogen) atoms. The van der Waals surface area contributed by atoms with Gasteiger partial charge in [0.15, 0.2) is 0 Å². The smallest absolute Gasteiger partial charge is 0.325 e. The van der Waals surface area contributed by atoms with E-state index in [0.717, 1.165) is 5.39 Å². The summed E-state index contributed by atoms with van der Waals surface area (Å²) in [6.45, 7) is 3.14. The normalized spacial score (nSPS) is 11.2. The van der Waals surface area contributed by atoms with Crippen molar-refractivity contribution in [3.63, 3.8) is 0 Å². The number of nitrogens with zero attached hydrogens (tertiary/aromatic N) is 3. The molecule has 0 aliphatic carbocycles. The zero-order valence-electron chi connectivity index (χ0n) is 14.8. The van der Waals surface area contributed by atoms with Crippen molar-refractivity contribution < 1.29 is 18.7 Å². The second kappa shape index (κ2) is 6.99. The Hall–Kier alpha value is -3.16. The van der Waals surface area contributed by atoms with E-state index in [4.69, 9.17) is 4.42 Å². The summed E-state index contributed by atoms with van der Waals surface area (Å²) in [7, 11) is 1.26. The van der Waals surface area contributed by atoms with E-state index in [1.165, 1.54) is 22.9 Å². The number of para-hydroxylation sites is 1. The lowest BCUT2D eigenvalue weighted by Crippen LogP contribution is -2.43. The van der Waals surface area contributed by atoms with E-state index in [-0.39, 0.29) is 30.6 Å². The molecule has 0 spiro atoms. The van der Waals surface area contributed by atoms with Crippen molar-refractivity contribution in [2.24, 2.45) is 0 Å². The molecule has 2 aromatic heterocycles. The Morgan fingerprint density at radius 2 is 2.04 bits per heavy atom. The number of ether oxygens (including phenoxy) is 1. The molecule has 0 N–H and O–H groups in total. The highest BCUT2D eigenvalue weighted by Crippen LogP contribution is 2.24. The first kappa shape index (κ1) is 17.7. The third kappa shape index (κ3) is 3.17. The maximum Gasteiger partial charge on any atom is 0.325 e. The van der Waals surface area contributed by atoms with Gasteiger partial charge in [0.1, 0.15) is 24.2 Å². The molecular weight excluding hydrogens is 338 g/mol. The van der Waals surface area contributed by atoms with Crippen LogP contribution in [0.25, 0.3) is 22.1 Å². The zero-order valence-corrected chi connectivity index (χ0v) is 14.8. The molecule has 8 heteroatoms. The van der Waals surface area contributed by atoms with E-state index in [9.17, 15) is 14.4 Å². The average molecular weight is 357 g/mol. The van der Waals surface area contributed by atoms with E-state index in [2.05, 4.69) is 9.72 Å². The molecule has 2 heterocycles. The van der Waals surface area contributed by atoms with E-state index in [1.807, 2.05) is 12.1 Å². The Kier molecular flexibility index (Phi) is 4.75. The lowest BCUT2D eigenvalue weighted by molar-refractivity contribution is -0.148. The number of esters is 1. The SMILES string of the molecule is COC(=O)CN(C(=O)Cn1cnc2c(oc3ccccc32)c1=O)C(C)C. The molecule has 8 nitrogen and oxygen atoms in total. The van der Waals surface area contributed by atoms with Crippen LogP contribution < -0.4 is 5.56 Å². The quantitative estimate of drug-likeness (QED) is 0.643. The molecule has 1 amide bonds. The highest BCUT2D eigenvalue weighted by atomic mass is 16.5. The molecule has 3 rings (SSSR count). The first-order chi connectivity index (χ1) is 12.4. The molecule has 0 bridgehead atoms. The minimum atomic E-state index is -0.523. The Bertz CT molecular complexity index is 1030. The van der Waals surface area contributed by atoms with E-state index >= 15 is 0 Å². The predicted octanol–water partition coefficient (Wildman–Crippen LogP) is 1.55. The van der Waals surface area contributed by atoms with Gasteiger partial charge in [-0.3, -0.25) is 19.0 Å². The minimum absolute atomic E-state index is 0.102. The number of carbonyl (C=O) groups excluding carboxylic acids is 2. The first-order valence-electron chi connectivity index (χ1n) is 8.15. The van der Waals surface area contributed by atoms with Crippen molar-refractivity contribution >= 4 is 33.9 Å². The van der Waals surface area contributed by atoms with Gasteiger partial charge in [-0.05, 0) is 26.0 Å². The summed E-state index contributed by atoms with van der Waals surface area (Å²) in [5.41, 5.74) is 0.683. The molecule has 0 unspecified atom stereocenters. The predicted molar refractivity (Wildman–Crippen MR) is 94.6 cm³/mol. The van der Waals surface area contributed by atoms with Crippen molar-refractivity contribution in [1.29, 1.82) is 0 Å². The van der Waals surface area contributed by atoms with Crippen molar-refractivity contribution in [2.75, 3.05) is 13.7 Å². The Labute approximate surface area is 149 Å². The first-order valence-corrected chi connectivity index (χ1v) is 8.15. The van der Waals surface area contributed by atoms with Crippen LogP contribution in [0.1, 0.15) is 13.8 Å². The van der Waals surface area contributed by atoms with Crippen molar-refractivity contribution in [1.82, 2.24) is 14.5 Å². The summed E-state index contributed by atoms with van der Waals surface area (Å²) in [5, 5.41) is 0.743. The topological polar surface area (TPSA) is 94.6 Å². The van der Waals surface area contributed by atoms with Crippen LogP contribution >= 0.6 is 0 Å². The fourth-order valence-electron chi connectivity index (χ4n) is 2.73. The molecule has 0 atom stereocenters. The second-order valence-corrected chi connectivity index (χ2v) is 6.15. The number of carbonyl (C=O) groups is 2. The van der Waals surface area contributed by atoms with Crippen LogP contribution in [0.4, 0.5) is 0 Å². The van der Waals surface area contributed by atoms with Gasteiger partial charge in [-0.25, -0.2) is 4.98 Å². The molecule has 0 saturated carbocycles. The number of hydrogen-bond donors (Lipinski definition) is 0. The lowest BCUT2D eigenvalue weighted by atomic mass is 10.2. The van der Waals surface area contributed by atoms with Gasteiger partial charge in [0.05, 0.1) is 13.4 Å². The van der Waals surface area contributed by atoms with Crippen molar-refractivity contribution in [2.45, 2.75) is 26.4 Å². The molecule has 1 aromatic carbocycles. The molecule has 0 aliphatic rings. The largest absolute Gasteiger partial charge is 0.468 e. The zero-order chi connectivity index (χ0) is 18.8. The van der Waals surface area contributed by atoms with Gasteiger partial charge in [-0.1, -0.05) is 12.1 Å². The number of furan rings is 1. The van der Waals surface area contributed by atoms with Gasteiger partial charge in [-0.2, -0.15) is 0 Å². The Balaban J connectivity index is 1.94. The van der Waals surface area contributed by atoms with Gasteiger partial charge >= 0.3 is 5.97 Å². The summed E-state index contributed by atoms with van der Waals surface area (Å²) in [6.07, 6.45) is 1.32. The molecule has 0 aliphatic heterocycles. The van der Waals surface area contributed by atoms with Crippen LogP contribution in [-0.4, -0.2) is 46.0 Å². The number of rotatable bonds is 5.